The number of benzene rings is 1. The molecule has 0 aliphatic carbocycles. The van der Waals surface area contributed by atoms with Crippen LogP contribution in [0.1, 0.15) is 11.3 Å². The van der Waals surface area contributed by atoms with E-state index in [2.05, 4.69) is 9.97 Å². The molecule has 0 saturated carbocycles. The smallest absolute Gasteiger partial charge is 0.422 e. The molecule has 0 radical (unpaired) electrons. The quantitative estimate of drug-likeness (QED) is 0.645. The Morgan fingerprint density at radius 1 is 1.26 bits per heavy atom. The van der Waals surface area contributed by atoms with Crippen molar-refractivity contribution in [1.82, 2.24) is 14.5 Å². The Morgan fingerprint density at radius 2 is 2.00 bits per heavy atom. The first kappa shape index (κ1) is 19.5. The highest BCUT2D eigenvalue weighted by Crippen LogP contribution is 2.27. The van der Waals surface area contributed by atoms with Crippen LogP contribution in [-0.2, 0) is 23.7 Å². The number of nitrogens with zero attached hydrogens (tertiary/aromatic N) is 3. The third-order valence-electron chi connectivity index (χ3n) is 3.88. The number of alkyl halides is 3. The van der Waals surface area contributed by atoms with E-state index in [1.54, 1.807) is 31.2 Å². The Hall–Kier alpha value is -2.30. The van der Waals surface area contributed by atoms with E-state index >= 15 is 0 Å². The standard InChI is InChI=1S/C17H16F3N3O3S/c1-11-13(21-7-6-15(11)26-9-17(18,19)20)8-27(25)16-22-12-4-2-3-5-14(12)23(16)10-24/h2-7,24H,8-10H2,1H3. The number of aliphatic hydroxyl groups is 1. The van der Waals surface area contributed by atoms with E-state index in [0.717, 1.165) is 0 Å². The van der Waals surface area contributed by atoms with E-state index in [1.807, 2.05) is 0 Å². The van der Waals surface area contributed by atoms with Gasteiger partial charge in [0.15, 0.2) is 12.4 Å². The normalized spacial score (nSPS) is 13.1. The lowest BCUT2D eigenvalue weighted by atomic mass is 10.2. The predicted octanol–water partition coefficient (Wildman–Crippen LogP) is 2.94. The van der Waals surface area contributed by atoms with Crippen LogP contribution < -0.4 is 4.74 Å². The van der Waals surface area contributed by atoms with Gasteiger partial charge in [0.1, 0.15) is 12.5 Å². The molecule has 1 unspecified atom stereocenters. The number of hydrogen-bond acceptors (Lipinski definition) is 5. The zero-order chi connectivity index (χ0) is 19.6. The van der Waals surface area contributed by atoms with Gasteiger partial charge in [-0.3, -0.25) is 9.55 Å². The molecule has 2 aromatic heterocycles. The van der Waals surface area contributed by atoms with Crippen molar-refractivity contribution in [1.29, 1.82) is 0 Å². The Balaban J connectivity index is 1.85. The maximum Gasteiger partial charge on any atom is 0.422 e. The molecular weight excluding hydrogens is 383 g/mol. The van der Waals surface area contributed by atoms with Gasteiger partial charge in [-0.2, -0.15) is 18.2 Å². The molecular formula is C17H16F3N3O3S. The van der Waals surface area contributed by atoms with Crippen LogP contribution in [0.25, 0.3) is 11.0 Å². The highest BCUT2D eigenvalue weighted by molar-refractivity contribution is 7.90. The summed E-state index contributed by atoms with van der Waals surface area (Å²) in [6, 6.07) is 8.36. The van der Waals surface area contributed by atoms with Gasteiger partial charge in [-0.15, -0.1) is 0 Å². The first-order valence-electron chi connectivity index (χ1n) is 7.88. The molecule has 0 spiro atoms. The minimum atomic E-state index is -4.45. The van der Waals surface area contributed by atoms with E-state index in [4.69, 9.17) is 4.74 Å². The van der Waals surface area contributed by atoms with Gasteiger partial charge in [-0.1, -0.05) is 12.1 Å². The maximum atomic E-state index is 12.8. The van der Waals surface area contributed by atoms with Gasteiger partial charge >= 0.3 is 11.3 Å². The van der Waals surface area contributed by atoms with Crippen molar-refractivity contribution in [2.75, 3.05) is 6.61 Å². The van der Waals surface area contributed by atoms with Crippen molar-refractivity contribution in [3.05, 3.63) is 47.8 Å². The number of pyridine rings is 1. The minimum Gasteiger partial charge on any atom is -0.609 e. The number of aromatic nitrogens is 3. The topological polar surface area (TPSA) is 83.2 Å². The Morgan fingerprint density at radius 3 is 2.70 bits per heavy atom. The third-order valence-corrected chi connectivity index (χ3v) is 5.14. The fourth-order valence-electron chi connectivity index (χ4n) is 2.57. The molecule has 6 nitrogen and oxygen atoms in total. The fraction of sp³-hybridized carbons (Fsp3) is 0.294. The zero-order valence-electron chi connectivity index (χ0n) is 14.2. The molecule has 3 aromatic rings. The molecule has 3 rings (SSSR count). The van der Waals surface area contributed by atoms with Crippen molar-refractivity contribution in [3.63, 3.8) is 0 Å². The first-order valence-corrected chi connectivity index (χ1v) is 9.20. The number of halogens is 3. The molecule has 1 aromatic carbocycles. The summed E-state index contributed by atoms with van der Waals surface area (Å²) >= 11 is -1.67. The second-order valence-corrected chi connectivity index (χ2v) is 7.07. The lowest BCUT2D eigenvalue weighted by Crippen LogP contribution is -2.20. The second kappa shape index (κ2) is 7.75. The van der Waals surface area contributed by atoms with Crippen LogP contribution in [0.4, 0.5) is 13.2 Å². The minimum absolute atomic E-state index is 0.0324. The maximum absolute atomic E-state index is 12.8. The SMILES string of the molecule is Cc1c(OCC(F)(F)F)ccnc1C[S+]([O-])c1nc2ccccc2n1CO. The molecule has 0 amide bonds. The Kier molecular flexibility index (Phi) is 5.59. The summed E-state index contributed by atoms with van der Waals surface area (Å²) in [4.78, 5) is 8.40. The number of fused-ring (bicyclic) bond motifs is 1. The first-order chi connectivity index (χ1) is 12.8. The number of imidazole rings is 1. The van der Waals surface area contributed by atoms with Gasteiger partial charge in [0, 0.05) is 22.9 Å². The largest absolute Gasteiger partial charge is 0.609 e. The van der Waals surface area contributed by atoms with Crippen LogP contribution in [-0.4, -0.2) is 37.0 Å². The van der Waals surface area contributed by atoms with Crippen LogP contribution >= 0.6 is 0 Å². The van der Waals surface area contributed by atoms with Crippen LogP contribution in [0.5, 0.6) is 5.75 Å². The molecule has 144 valence electrons. The number of rotatable bonds is 6. The molecule has 0 aliphatic heterocycles. The van der Waals surface area contributed by atoms with Crippen molar-refractivity contribution in [2.24, 2.45) is 0 Å². The van der Waals surface area contributed by atoms with E-state index in [0.29, 0.717) is 22.3 Å². The van der Waals surface area contributed by atoms with Crippen LogP contribution in [0.15, 0.2) is 41.7 Å². The molecule has 0 bridgehead atoms. The number of aliphatic hydroxyl groups excluding tert-OH is 1. The number of hydrogen-bond donors (Lipinski definition) is 1. The number of para-hydroxylation sites is 2. The summed E-state index contributed by atoms with van der Waals surface area (Å²) in [5.74, 6) is -0.0387. The monoisotopic (exact) mass is 399 g/mol. The molecule has 10 heteroatoms. The molecule has 0 saturated heterocycles. The zero-order valence-corrected chi connectivity index (χ0v) is 15.0. The summed E-state index contributed by atoms with van der Waals surface area (Å²) in [5, 5.41) is 9.78. The predicted molar refractivity (Wildman–Crippen MR) is 92.6 cm³/mol. The third kappa shape index (κ3) is 4.34. The summed E-state index contributed by atoms with van der Waals surface area (Å²) in [5.41, 5.74) is 1.93. The van der Waals surface area contributed by atoms with Crippen LogP contribution in [0.3, 0.4) is 0 Å². The van der Waals surface area contributed by atoms with E-state index < -0.39 is 30.7 Å². The molecule has 1 atom stereocenters. The molecule has 0 fully saturated rings. The van der Waals surface area contributed by atoms with Crippen molar-refractivity contribution in [3.8, 4) is 5.75 Å². The summed E-state index contributed by atoms with van der Waals surface area (Å²) in [6.45, 7) is -0.260. The highest BCUT2D eigenvalue weighted by Gasteiger charge is 2.29. The Labute approximate surface area is 155 Å². The second-order valence-electron chi connectivity index (χ2n) is 5.73. The van der Waals surface area contributed by atoms with Crippen molar-refractivity contribution >= 4 is 22.2 Å². The Bertz CT molecular complexity index is 946. The van der Waals surface area contributed by atoms with Crippen molar-refractivity contribution in [2.45, 2.75) is 30.7 Å². The van der Waals surface area contributed by atoms with E-state index in [-0.39, 0.29) is 16.7 Å². The lowest BCUT2D eigenvalue weighted by Gasteiger charge is -2.15. The van der Waals surface area contributed by atoms with Crippen LogP contribution in [0.2, 0.25) is 0 Å². The fourth-order valence-corrected chi connectivity index (χ4v) is 3.84. The van der Waals surface area contributed by atoms with E-state index in [9.17, 15) is 22.8 Å². The van der Waals surface area contributed by atoms with Gasteiger partial charge < -0.3 is 14.4 Å². The lowest BCUT2D eigenvalue weighted by molar-refractivity contribution is -0.153. The summed E-state index contributed by atoms with van der Waals surface area (Å²) in [7, 11) is 0. The van der Waals surface area contributed by atoms with E-state index in [1.165, 1.54) is 16.8 Å². The highest BCUT2D eigenvalue weighted by atomic mass is 32.2. The van der Waals surface area contributed by atoms with Crippen molar-refractivity contribution < 1.29 is 27.6 Å². The van der Waals surface area contributed by atoms with Gasteiger partial charge in [0.2, 0.25) is 0 Å². The van der Waals surface area contributed by atoms with Crippen LogP contribution in [0, 0.1) is 6.92 Å². The molecule has 0 aliphatic rings. The summed E-state index contributed by atoms with van der Waals surface area (Å²) < 4.78 is 56.1. The number of ether oxygens (including phenoxy) is 1. The van der Waals surface area contributed by atoms with Gasteiger partial charge in [0.05, 0.1) is 16.7 Å². The molecule has 2 heterocycles. The average molecular weight is 399 g/mol. The van der Waals surface area contributed by atoms with Gasteiger partial charge in [0.25, 0.3) is 0 Å². The molecule has 27 heavy (non-hydrogen) atoms. The average Bonchev–Trinajstić information content (AvgIpc) is 3.00. The van der Waals surface area contributed by atoms with Gasteiger partial charge in [-0.25, -0.2) is 0 Å². The summed E-state index contributed by atoms with van der Waals surface area (Å²) in [6.07, 6.45) is -3.15. The van der Waals surface area contributed by atoms with Gasteiger partial charge in [-0.05, 0) is 25.1 Å². The molecule has 1 N–H and O–H groups in total.